The van der Waals surface area contributed by atoms with Crippen LogP contribution in [-0.2, 0) is 17.8 Å². The fourth-order valence-electron chi connectivity index (χ4n) is 4.17. The molecule has 6 heteroatoms. The molecule has 3 heterocycles. The summed E-state index contributed by atoms with van der Waals surface area (Å²) in [7, 11) is 0. The summed E-state index contributed by atoms with van der Waals surface area (Å²) in [5.74, 6) is 0.0360. The van der Waals surface area contributed by atoms with Gasteiger partial charge in [-0.3, -0.25) is 9.69 Å². The highest BCUT2D eigenvalue weighted by Gasteiger charge is 2.56. The molecule has 0 amide bonds. The van der Waals surface area contributed by atoms with Crippen molar-refractivity contribution >= 4 is 17.3 Å². The van der Waals surface area contributed by atoms with Gasteiger partial charge in [0.25, 0.3) is 0 Å². The number of hydrogen-bond donors (Lipinski definition) is 1. The second kappa shape index (κ2) is 6.11. The zero-order valence-electron chi connectivity index (χ0n) is 14.5. The van der Waals surface area contributed by atoms with Gasteiger partial charge in [-0.05, 0) is 25.0 Å². The maximum Gasteiger partial charge on any atom is 0.315 e. The average Bonchev–Trinajstić information content (AvgIpc) is 3.15. The summed E-state index contributed by atoms with van der Waals surface area (Å²) in [6.07, 6.45) is 0.910. The smallest absolute Gasteiger partial charge is 0.315 e. The third kappa shape index (κ3) is 2.64. The Morgan fingerprint density at radius 3 is 3.04 bits per heavy atom. The molecule has 0 spiro atoms. The maximum absolute atomic E-state index is 12.2. The monoisotopic (exact) mass is 358 g/mol. The number of benzene rings is 1. The van der Waals surface area contributed by atoms with Gasteiger partial charge in [0.1, 0.15) is 17.8 Å². The molecule has 1 fully saturated rings. The topological polar surface area (TPSA) is 62.7 Å². The summed E-state index contributed by atoms with van der Waals surface area (Å²) in [6.45, 7) is 6.41. The van der Waals surface area contributed by atoms with Crippen molar-refractivity contribution < 1.29 is 14.6 Å². The van der Waals surface area contributed by atoms with Crippen LogP contribution in [0.1, 0.15) is 34.0 Å². The molecule has 1 aromatic carbocycles. The van der Waals surface area contributed by atoms with E-state index in [1.54, 1.807) is 11.3 Å². The minimum absolute atomic E-state index is 0.0333. The van der Waals surface area contributed by atoms with Gasteiger partial charge in [0, 0.05) is 30.4 Å². The van der Waals surface area contributed by atoms with Gasteiger partial charge in [-0.2, -0.15) is 0 Å². The van der Waals surface area contributed by atoms with Crippen molar-refractivity contribution in [3.8, 4) is 5.75 Å². The van der Waals surface area contributed by atoms with E-state index < -0.39 is 11.4 Å². The van der Waals surface area contributed by atoms with Crippen molar-refractivity contribution in [3.63, 3.8) is 0 Å². The molecule has 1 saturated heterocycles. The number of aliphatic carboxylic acids is 1. The van der Waals surface area contributed by atoms with Crippen LogP contribution in [0.25, 0.3) is 0 Å². The molecule has 0 bridgehead atoms. The molecule has 5 nitrogen and oxygen atoms in total. The van der Waals surface area contributed by atoms with Crippen molar-refractivity contribution in [2.45, 2.75) is 32.7 Å². The number of aryl methyl sites for hydroxylation is 2. The fraction of sp³-hybridized carbons (Fsp3) is 0.474. The van der Waals surface area contributed by atoms with Crippen LogP contribution in [0.2, 0.25) is 0 Å². The first-order chi connectivity index (χ1) is 12.0. The minimum Gasteiger partial charge on any atom is -0.492 e. The molecule has 0 unspecified atom stereocenters. The molecule has 2 aliphatic heterocycles. The van der Waals surface area contributed by atoms with Gasteiger partial charge in [-0.25, -0.2) is 4.98 Å². The number of carboxylic acids is 1. The first-order valence-electron chi connectivity index (χ1n) is 8.66. The Kier molecular flexibility index (Phi) is 4.04. The molecule has 2 aromatic rings. The summed E-state index contributed by atoms with van der Waals surface area (Å²) in [6, 6.07) is 7.84. The Morgan fingerprint density at radius 2 is 2.28 bits per heavy atom. The van der Waals surface area contributed by atoms with E-state index in [1.807, 2.05) is 31.2 Å². The number of likely N-dealkylation sites (tertiary alicyclic amines) is 1. The van der Waals surface area contributed by atoms with Gasteiger partial charge in [0.05, 0.1) is 10.7 Å². The highest BCUT2D eigenvalue weighted by molar-refractivity contribution is 7.11. The molecular weight excluding hydrogens is 336 g/mol. The zero-order valence-corrected chi connectivity index (χ0v) is 15.3. The van der Waals surface area contributed by atoms with Gasteiger partial charge >= 0.3 is 5.97 Å². The largest absolute Gasteiger partial charge is 0.492 e. The van der Waals surface area contributed by atoms with Crippen LogP contribution in [0.4, 0.5) is 0 Å². The van der Waals surface area contributed by atoms with E-state index in [4.69, 9.17) is 4.74 Å². The van der Waals surface area contributed by atoms with Crippen LogP contribution in [0.15, 0.2) is 24.3 Å². The number of para-hydroxylation sites is 1. The number of carbonyl (C=O) groups is 1. The van der Waals surface area contributed by atoms with Crippen molar-refractivity contribution in [2.24, 2.45) is 5.41 Å². The van der Waals surface area contributed by atoms with Gasteiger partial charge in [-0.15, -0.1) is 11.3 Å². The molecule has 0 radical (unpaired) electrons. The average molecular weight is 358 g/mol. The summed E-state index contributed by atoms with van der Waals surface area (Å²) < 4.78 is 5.83. The van der Waals surface area contributed by atoms with Crippen LogP contribution in [0, 0.1) is 12.3 Å². The van der Waals surface area contributed by atoms with E-state index >= 15 is 0 Å². The van der Waals surface area contributed by atoms with Gasteiger partial charge < -0.3 is 9.84 Å². The zero-order chi connectivity index (χ0) is 17.6. The normalized spacial score (nSPS) is 25.3. The molecule has 2 aliphatic rings. The lowest BCUT2D eigenvalue weighted by molar-refractivity contribution is -0.151. The summed E-state index contributed by atoms with van der Waals surface area (Å²) >= 11 is 1.72. The Hall–Kier alpha value is -1.92. The summed E-state index contributed by atoms with van der Waals surface area (Å²) in [5, 5.41) is 11.1. The third-order valence-corrected chi connectivity index (χ3v) is 6.40. The van der Waals surface area contributed by atoms with Crippen LogP contribution in [-0.4, -0.2) is 40.7 Å². The number of hydrogen-bond acceptors (Lipinski definition) is 5. The maximum atomic E-state index is 12.2. The Bertz CT molecular complexity index is 819. The van der Waals surface area contributed by atoms with Crippen LogP contribution < -0.4 is 4.74 Å². The lowest BCUT2D eigenvalue weighted by Crippen LogP contribution is -2.45. The predicted molar refractivity (Wildman–Crippen MR) is 96.3 cm³/mol. The van der Waals surface area contributed by atoms with E-state index in [9.17, 15) is 9.90 Å². The standard InChI is InChI=1S/C19H22N2O3S/c1-3-15-17(25-12(2)20-15)9-21-8-14-13-6-4-5-7-16(13)24-11-19(14,10-21)18(22)23/h4-7,14H,3,8-11H2,1-2H3,(H,22,23)/t14-,19-/m0/s1. The number of ether oxygens (including phenoxy) is 1. The van der Waals surface area contributed by atoms with E-state index in [0.29, 0.717) is 6.54 Å². The van der Waals surface area contributed by atoms with E-state index in [0.717, 1.165) is 41.5 Å². The Morgan fingerprint density at radius 1 is 1.48 bits per heavy atom. The van der Waals surface area contributed by atoms with Gasteiger partial charge in [0.15, 0.2) is 0 Å². The van der Waals surface area contributed by atoms with Gasteiger partial charge in [-0.1, -0.05) is 25.1 Å². The first kappa shape index (κ1) is 16.5. The molecule has 132 valence electrons. The number of thiazole rings is 1. The Balaban J connectivity index is 1.65. The predicted octanol–water partition coefficient (Wildman–Crippen LogP) is 3.08. The van der Waals surface area contributed by atoms with Crippen molar-refractivity contribution in [1.82, 2.24) is 9.88 Å². The highest BCUT2D eigenvalue weighted by atomic mass is 32.1. The van der Waals surface area contributed by atoms with Crippen LogP contribution in [0.5, 0.6) is 5.75 Å². The molecular formula is C19H22N2O3S. The molecule has 25 heavy (non-hydrogen) atoms. The number of nitrogens with zero attached hydrogens (tertiary/aromatic N) is 2. The van der Waals surface area contributed by atoms with E-state index in [-0.39, 0.29) is 12.5 Å². The van der Waals surface area contributed by atoms with Crippen LogP contribution in [0.3, 0.4) is 0 Å². The molecule has 2 atom stereocenters. The molecule has 1 N–H and O–H groups in total. The molecule has 0 saturated carbocycles. The summed E-state index contributed by atoms with van der Waals surface area (Å²) in [4.78, 5) is 20.3. The minimum atomic E-state index is -0.861. The number of carboxylic acid groups (broad SMARTS) is 1. The molecule has 4 rings (SSSR count). The second-order valence-corrected chi connectivity index (χ2v) is 8.25. The number of fused-ring (bicyclic) bond motifs is 3. The summed E-state index contributed by atoms with van der Waals surface area (Å²) in [5.41, 5.74) is 1.30. The third-order valence-electron chi connectivity index (χ3n) is 5.41. The van der Waals surface area contributed by atoms with Gasteiger partial charge in [0.2, 0.25) is 0 Å². The first-order valence-corrected chi connectivity index (χ1v) is 9.48. The quantitative estimate of drug-likeness (QED) is 0.910. The fourth-order valence-corrected chi connectivity index (χ4v) is 5.24. The Labute approximate surface area is 151 Å². The number of rotatable bonds is 4. The molecule has 1 aromatic heterocycles. The SMILES string of the molecule is CCc1nc(C)sc1CN1C[C@H]2c3ccccc3OC[C@@]2(C(=O)O)C1. The van der Waals surface area contributed by atoms with Crippen molar-refractivity contribution in [1.29, 1.82) is 0 Å². The lowest BCUT2D eigenvalue weighted by Gasteiger charge is -2.35. The number of aromatic nitrogens is 1. The van der Waals surface area contributed by atoms with Crippen molar-refractivity contribution in [3.05, 3.63) is 45.4 Å². The highest BCUT2D eigenvalue weighted by Crippen LogP contribution is 2.50. The lowest BCUT2D eigenvalue weighted by atomic mass is 9.73. The van der Waals surface area contributed by atoms with Crippen molar-refractivity contribution in [2.75, 3.05) is 19.7 Å². The van der Waals surface area contributed by atoms with E-state index in [2.05, 4.69) is 16.8 Å². The molecule has 0 aliphatic carbocycles. The second-order valence-electron chi connectivity index (χ2n) is 6.97. The van der Waals surface area contributed by atoms with E-state index in [1.165, 1.54) is 4.88 Å². The van der Waals surface area contributed by atoms with Crippen LogP contribution >= 0.6 is 11.3 Å².